The average Bonchev–Trinajstić information content (AvgIpc) is 2.36. The van der Waals surface area contributed by atoms with Gasteiger partial charge in [-0.3, -0.25) is 4.79 Å². The van der Waals surface area contributed by atoms with E-state index in [9.17, 15) is 13.2 Å². The van der Waals surface area contributed by atoms with Gasteiger partial charge >= 0.3 is 5.97 Å². The Labute approximate surface area is 117 Å². The van der Waals surface area contributed by atoms with Crippen molar-refractivity contribution in [3.05, 3.63) is 35.4 Å². The van der Waals surface area contributed by atoms with Crippen molar-refractivity contribution in [1.29, 1.82) is 0 Å². The van der Waals surface area contributed by atoms with Gasteiger partial charge in [0.05, 0.1) is 12.9 Å². The van der Waals surface area contributed by atoms with Gasteiger partial charge in [0.1, 0.15) is 11.5 Å². The molecule has 0 fully saturated rings. The van der Waals surface area contributed by atoms with Crippen LogP contribution in [0.25, 0.3) is 0 Å². The molecule has 0 radical (unpaired) electrons. The highest BCUT2D eigenvalue weighted by molar-refractivity contribution is 7.88. The molecule has 104 valence electrons. The van der Waals surface area contributed by atoms with Gasteiger partial charge in [0.25, 0.3) is 0 Å². The van der Waals surface area contributed by atoms with Crippen molar-refractivity contribution >= 4 is 33.2 Å². The molecule has 0 aliphatic heterocycles. The summed E-state index contributed by atoms with van der Waals surface area (Å²) in [7, 11) is -2.40. The van der Waals surface area contributed by atoms with Gasteiger partial charge in [0, 0.05) is 5.56 Å². The molecule has 0 heterocycles. The van der Waals surface area contributed by atoms with E-state index in [0.717, 1.165) is 0 Å². The van der Waals surface area contributed by atoms with E-state index >= 15 is 0 Å². The Morgan fingerprint density at radius 3 is 2.42 bits per heavy atom. The van der Waals surface area contributed by atoms with E-state index < -0.39 is 16.0 Å². The van der Waals surface area contributed by atoms with E-state index in [1.807, 2.05) is 0 Å². The summed E-state index contributed by atoms with van der Waals surface area (Å²) in [6.45, 7) is -0.385. The van der Waals surface area contributed by atoms with Crippen LogP contribution in [0.1, 0.15) is 11.1 Å². The normalized spacial score (nSPS) is 11.0. The molecule has 0 aliphatic carbocycles. The maximum atomic E-state index is 11.7. The SMILES string of the molecule is COC(=O)CNS(=O)(=O)Cc1ccc(C(N)=S)cc1. The number of rotatable bonds is 6. The van der Waals surface area contributed by atoms with Crippen molar-refractivity contribution in [2.24, 2.45) is 5.73 Å². The third-order valence-electron chi connectivity index (χ3n) is 2.26. The van der Waals surface area contributed by atoms with Gasteiger partial charge in [-0.1, -0.05) is 36.5 Å². The zero-order valence-electron chi connectivity index (χ0n) is 10.3. The number of carbonyl (C=O) groups is 1. The number of hydrogen-bond donors (Lipinski definition) is 2. The number of methoxy groups -OCH3 is 1. The van der Waals surface area contributed by atoms with Gasteiger partial charge in [-0.25, -0.2) is 13.1 Å². The molecule has 0 unspecified atom stereocenters. The van der Waals surface area contributed by atoms with Crippen LogP contribution in [0.5, 0.6) is 0 Å². The first-order valence-corrected chi connectivity index (χ1v) is 7.33. The number of sulfonamides is 1. The first-order valence-electron chi connectivity index (χ1n) is 5.27. The quantitative estimate of drug-likeness (QED) is 0.563. The maximum Gasteiger partial charge on any atom is 0.320 e. The van der Waals surface area contributed by atoms with Crippen LogP contribution in [-0.4, -0.2) is 33.0 Å². The van der Waals surface area contributed by atoms with Crippen LogP contribution in [0.15, 0.2) is 24.3 Å². The average molecular weight is 302 g/mol. The number of benzene rings is 1. The number of carbonyl (C=O) groups excluding carboxylic acids is 1. The molecule has 3 N–H and O–H groups in total. The van der Waals surface area contributed by atoms with Crippen molar-refractivity contribution in [1.82, 2.24) is 4.72 Å². The smallest absolute Gasteiger partial charge is 0.320 e. The zero-order valence-corrected chi connectivity index (χ0v) is 11.9. The lowest BCUT2D eigenvalue weighted by Crippen LogP contribution is -2.31. The number of thiocarbonyl (C=S) groups is 1. The Hall–Kier alpha value is -1.51. The molecule has 1 aromatic rings. The molecule has 0 saturated heterocycles. The number of ether oxygens (including phenoxy) is 1. The van der Waals surface area contributed by atoms with Crippen LogP contribution < -0.4 is 10.5 Å². The van der Waals surface area contributed by atoms with E-state index in [1.54, 1.807) is 24.3 Å². The fourth-order valence-corrected chi connectivity index (χ4v) is 2.48. The summed E-state index contributed by atoms with van der Waals surface area (Å²) in [6, 6.07) is 6.53. The standard InChI is InChI=1S/C11H14N2O4S2/c1-17-10(14)6-13-19(15,16)7-8-2-4-9(5-3-8)11(12)18/h2-5,13H,6-7H2,1H3,(H2,12,18). The summed E-state index contributed by atoms with van der Waals surface area (Å²) in [4.78, 5) is 11.1. The van der Waals surface area contributed by atoms with Crippen molar-refractivity contribution in [2.45, 2.75) is 5.75 Å². The molecule has 6 nitrogen and oxygen atoms in total. The summed E-state index contributed by atoms with van der Waals surface area (Å²) in [5, 5.41) is 0. The Morgan fingerprint density at radius 1 is 1.37 bits per heavy atom. The summed E-state index contributed by atoms with van der Waals surface area (Å²) in [5.74, 6) is -0.880. The summed E-state index contributed by atoms with van der Waals surface area (Å²) in [6.07, 6.45) is 0. The van der Waals surface area contributed by atoms with E-state index in [-0.39, 0.29) is 17.3 Å². The van der Waals surface area contributed by atoms with E-state index in [2.05, 4.69) is 9.46 Å². The second-order valence-corrected chi connectivity index (χ2v) is 5.96. The molecule has 0 saturated carbocycles. The van der Waals surface area contributed by atoms with Crippen molar-refractivity contribution in [2.75, 3.05) is 13.7 Å². The van der Waals surface area contributed by atoms with Gasteiger partial charge < -0.3 is 10.5 Å². The number of nitrogens with one attached hydrogen (secondary N) is 1. The zero-order chi connectivity index (χ0) is 14.5. The monoisotopic (exact) mass is 302 g/mol. The second kappa shape index (κ2) is 6.60. The Bertz CT molecular complexity index is 567. The molecule has 0 atom stereocenters. The lowest BCUT2D eigenvalue weighted by Gasteiger charge is -2.06. The van der Waals surface area contributed by atoms with Crippen LogP contribution >= 0.6 is 12.2 Å². The first kappa shape index (κ1) is 15.5. The largest absolute Gasteiger partial charge is 0.468 e. The Balaban J connectivity index is 2.67. The Kier molecular flexibility index (Phi) is 5.40. The topological polar surface area (TPSA) is 98.5 Å². The molecule has 19 heavy (non-hydrogen) atoms. The molecule has 1 aromatic carbocycles. The third kappa shape index (κ3) is 5.33. The summed E-state index contributed by atoms with van der Waals surface area (Å²) >= 11 is 4.79. The van der Waals surface area contributed by atoms with Gasteiger partial charge in [0.15, 0.2) is 0 Å². The molecule has 0 bridgehead atoms. The van der Waals surface area contributed by atoms with Crippen molar-refractivity contribution in [3.8, 4) is 0 Å². The minimum absolute atomic E-state index is 0.235. The summed E-state index contributed by atoms with van der Waals surface area (Å²) < 4.78 is 29.8. The van der Waals surface area contributed by atoms with Crippen LogP contribution in [0, 0.1) is 0 Å². The third-order valence-corrected chi connectivity index (χ3v) is 3.79. The molecule has 0 spiro atoms. The predicted octanol–water partition coefficient (Wildman–Crippen LogP) is -0.0868. The van der Waals surface area contributed by atoms with Crippen LogP contribution in [0.4, 0.5) is 0 Å². The fourth-order valence-electron chi connectivity index (χ4n) is 1.28. The van der Waals surface area contributed by atoms with Crippen molar-refractivity contribution in [3.63, 3.8) is 0 Å². The van der Waals surface area contributed by atoms with E-state index in [0.29, 0.717) is 11.1 Å². The summed E-state index contributed by atoms with van der Waals surface area (Å²) in [5.41, 5.74) is 6.67. The highest BCUT2D eigenvalue weighted by atomic mass is 32.2. The highest BCUT2D eigenvalue weighted by Gasteiger charge is 2.13. The molecule has 0 aliphatic rings. The molecule has 1 rings (SSSR count). The minimum atomic E-state index is -3.59. The second-order valence-electron chi connectivity index (χ2n) is 3.72. The van der Waals surface area contributed by atoms with Crippen LogP contribution in [0.2, 0.25) is 0 Å². The fraction of sp³-hybridized carbons (Fsp3) is 0.273. The lowest BCUT2D eigenvalue weighted by atomic mass is 10.1. The molecule has 8 heteroatoms. The molecular weight excluding hydrogens is 288 g/mol. The maximum absolute atomic E-state index is 11.7. The van der Waals surface area contributed by atoms with Crippen molar-refractivity contribution < 1.29 is 17.9 Å². The molecule has 0 aromatic heterocycles. The minimum Gasteiger partial charge on any atom is -0.468 e. The first-order chi connectivity index (χ1) is 8.84. The molecular formula is C11H14N2O4S2. The molecule has 0 amide bonds. The van der Waals surface area contributed by atoms with Gasteiger partial charge in [-0.05, 0) is 5.56 Å². The van der Waals surface area contributed by atoms with E-state index in [1.165, 1.54) is 7.11 Å². The lowest BCUT2D eigenvalue weighted by molar-refractivity contribution is -0.139. The van der Waals surface area contributed by atoms with E-state index in [4.69, 9.17) is 18.0 Å². The highest BCUT2D eigenvalue weighted by Crippen LogP contribution is 2.07. The number of hydrogen-bond acceptors (Lipinski definition) is 5. The predicted molar refractivity (Wildman–Crippen MR) is 75.0 cm³/mol. The van der Waals surface area contributed by atoms with Gasteiger partial charge in [-0.2, -0.15) is 0 Å². The number of esters is 1. The van der Waals surface area contributed by atoms with Crippen LogP contribution in [0.3, 0.4) is 0 Å². The van der Waals surface area contributed by atoms with Gasteiger partial charge in [-0.15, -0.1) is 0 Å². The Morgan fingerprint density at radius 2 is 1.95 bits per heavy atom. The van der Waals surface area contributed by atoms with Crippen LogP contribution in [-0.2, 0) is 25.3 Å². The number of nitrogens with two attached hydrogens (primary N) is 1. The van der Waals surface area contributed by atoms with Gasteiger partial charge in [0.2, 0.25) is 10.0 Å².